The first kappa shape index (κ1) is 18.4. The minimum absolute atomic E-state index is 0.0173. The number of halogens is 3. The first-order valence-electron chi connectivity index (χ1n) is 8.10. The Hall–Kier alpha value is -2.96. The molecule has 1 aliphatic rings. The van der Waals surface area contributed by atoms with Crippen molar-refractivity contribution in [2.45, 2.75) is 6.17 Å². The molecule has 1 aliphatic carbocycles. The molecule has 0 amide bonds. The number of nitrogen functional groups attached to an aromatic ring is 1. The summed E-state index contributed by atoms with van der Waals surface area (Å²) in [6.45, 7) is 0. The van der Waals surface area contributed by atoms with E-state index in [0.29, 0.717) is 10.6 Å². The smallest absolute Gasteiger partial charge is 0.231 e. The number of hydrogen-bond acceptors (Lipinski definition) is 5. The van der Waals surface area contributed by atoms with Gasteiger partial charge in [0.2, 0.25) is 11.6 Å². The lowest BCUT2D eigenvalue weighted by Crippen LogP contribution is -2.22. The van der Waals surface area contributed by atoms with E-state index in [4.69, 9.17) is 33.4 Å². The Morgan fingerprint density at radius 2 is 2.04 bits per heavy atom. The van der Waals surface area contributed by atoms with Gasteiger partial charge in [-0.2, -0.15) is 0 Å². The van der Waals surface area contributed by atoms with Gasteiger partial charge in [-0.1, -0.05) is 29.3 Å². The van der Waals surface area contributed by atoms with Crippen LogP contribution in [-0.4, -0.2) is 22.7 Å². The molecule has 0 saturated carbocycles. The molecular formula is C20H11Cl2FN2O3. The van der Waals surface area contributed by atoms with Crippen LogP contribution in [0, 0.1) is 0 Å². The molecule has 2 aromatic heterocycles. The minimum Gasteiger partial charge on any atom is -0.450 e. The summed E-state index contributed by atoms with van der Waals surface area (Å²) in [4.78, 5) is 29.3. The van der Waals surface area contributed by atoms with Crippen molar-refractivity contribution in [1.82, 2.24) is 4.98 Å². The SMILES string of the molecule is Nc1c(C(=O)c2ccc(Cl)cc2Cl)oc2c1C(=O)C(F)C(c1cccnc1)=C2. The van der Waals surface area contributed by atoms with Gasteiger partial charge in [0.1, 0.15) is 5.76 Å². The monoisotopic (exact) mass is 416 g/mol. The van der Waals surface area contributed by atoms with Crippen LogP contribution in [-0.2, 0) is 0 Å². The van der Waals surface area contributed by atoms with Crippen LogP contribution in [0.25, 0.3) is 11.6 Å². The van der Waals surface area contributed by atoms with Gasteiger partial charge >= 0.3 is 0 Å². The van der Waals surface area contributed by atoms with E-state index < -0.39 is 17.7 Å². The van der Waals surface area contributed by atoms with Crippen molar-refractivity contribution >= 4 is 52.1 Å². The molecule has 28 heavy (non-hydrogen) atoms. The maximum Gasteiger partial charge on any atom is 0.231 e. The second kappa shape index (κ2) is 6.89. The Morgan fingerprint density at radius 3 is 2.71 bits per heavy atom. The summed E-state index contributed by atoms with van der Waals surface area (Å²) in [5.41, 5.74) is 6.20. The lowest BCUT2D eigenvalue weighted by atomic mass is 9.89. The third-order valence-electron chi connectivity index (χ3n) is 4.39. The number of Topliss-reactive ketones (excluding diaryl/α,β-unsaturated/α-hetero) is 1. The fourth-order valence-corrected chi connectivity index (χ4v) is 3.52. The second-order valence-corrected chi connectivity index (χ2v) is 6.95. The number of pyridine rings is 1. The number of furan rings is 1. The van der Waals surface area contributed by atoms with Gasteiger partial charge in [0.05, 0.1) is 16.3 Å². The van der Waals surface area contributed by atoms with Crippen LogP contribution in [0.2, 0.25) is 10.0 Å². The van der Waals surface area contributed by atoms with E-state index in [0.717, 1.165) is 0 Å². The first-order valence-corrected chi connectivity index (χ1v) is 8.86. The van der Waals surface area contributed by atoms with Gasteiger partial charge in [0, 0.05) is 28.6 Å². The van der Waals surface area contributed by atoms with Crippen molar-refractivity contribution in [2.24, 2.45) is 0 Å². The van der Waals surface area contributed by atoms with Crippen LogP contribution in [0.1, 0.15) is 37.8 Å². The zero-order chi connectivity index (χ0) is 20.0. The molecule has 0 aliphatic heterocycles. The number of nitrogens with zero attached hydrogens (tertiary/aromatic N) is 1. The number of hydrogen-bond donors (Lipinski definition) is 1. The topological polar surface area (TPSA) is 86.2 Å². The van der Waals surface area contributed by atoms with E-state index >= 15 is 0 Å². The molecule has 8 heteroatoms. The fraction of sp³-hybridized carbons (Fsp3) is 0.0500. The molecule has 3 aromatic rings. The Morgan fingerprint density at radius 1 is 1.25 bits per heavy atom. The van der Waals surface area contributed by atoms with Crippen molar-refractivity contribution in [3.63, 3.8) is 0 Å². The van der Waals surface area contributed by atoms with E-state index in [1.54, 1.807) is 12.1 Å². The highest BCUT2D eigenvalue weighted by Gasteiger charge is 2.37. The average Bonchev–Trinajstić information content (AvgIpc) is 3.01. The number of nitrogens with two attached hydrogens (primary N) is 1. The maximum absolute atomic E-state index is 14.8. The zero-order valence-electron chi connectivity index (χ0n) is 14.1. The number of carbonyl (C=O) groups is 2. The van der Waals surface area contributed by atoms with Crippen molar-refractivity contribution < 1.29 is 18.4 Å². The van der Waals surface area contributed by atoms with Crippen molar-refractivity contribution in [2.75, 3.05) is 5.73 Å². The van der Waals surface area contributed by atoms with Gasteiger partial charge in [0.25, 0.3) is 0 Å². The number of aromatic nitrogens is 1. The van der Waals surface area contributed by atoms with E-state index in [2.05, 4.69) is 4.98 Å². The Kier molecular flexibility index (Phi) is 4.53. The molecule has 0 saturated heterocycles. The van der Waals surface area contributed by atoms with Crippen LogP contribution in [0.5, 0.6) is 0 Å². The number of anilines is 1. The molecular weight excluding hydrogens is 406 g/mol. The molecule has 0 bridgehead atoms. The molecule has 1 aromatic carbocycles. The highest BCUT2D eigenvalue weighted by molar-refractivity contribution is 6.37. The number of carbonyl (C=O) groups excluding carboxylic acids is 2. The largest absolute Gasteiger partial charge is 0.450 e. The molecule has 2 N–H and O–H groups in total. The molecule has 1 atom stereocenters. The number of fused-ring (bicyclic) bond motifs is 1. The fourth-order valence-electron chi connectivity index (χ4n) is 3.03. The van der Waals surface area contributed by atoms with Gasteiger partial charge in [0.15, 0.2) is 11.9 Å². The lowest BCUT2D eigenvalue weighted by Gasteiger charge is -2.16. The van der Waals surface area contributed by atoms with Crippen LogP contribution in [0.3, 0.4) is 0 Å². The Labute approximate surface area is 168 Å². The van der Waals surface area contributed by atoms with Gasteiger partial charge in [-0.05, 0) is 35.9 Å². The molecule has 0 fully saturated rings. The summed E-state index contributed by atoms with van der Waals surface area (Å²) in [5.74, 6) is -1.77. The summed E-state index contributed by atoms with van der Waals surface area (Å²) in [6.07, 6.45) is 2.38. The third-order valence-corrected chi connectivity index (χ3v) is 4.93. The predicted octanol–water partition coefficient (Wildman–Crippen LogP) is 4.87. The lowest BCUT2D eigenvalue weighted by molar-refractivity contribution is 0.0917. The standard InChI is InChI=1S/C20H11Cl2FN2O3/c21-10-3-4-11(13(22)6-10)18(26)20-17(24)15-14(28-20)7-12(16(23)19(15)27)9-2-1-5-25-8-9/h1-8,16H,24H2. The summed E-state index contributed by atoms with van der Waals surface area (Å²) in [7, 11) is 0. The number of allylic oxidation sites excluding steroid dienone is 1. The van der Waals surface area contributed by atoms with Gasteiger partial charge in [-0.3, -0.25) is 14.6 Å². The summed E-state index contributed by atoms with van der Waals surface area (Å²) in [5, 5.41) is 0.459. The Bertz CT molecular complexity index is 1160. The highest BCUT2D eigenvalue weighted by atomic mass is 35.5. The molecule has 0 radical (unpaired) electrons. The van der Waals surface area contributed by atoms with E-state index in [1.807, 2.05) is 0 Å². The van der Waals surface area contributed by atoms with E-state index in [-0.39, 0.29) is 38.9 Å². The number of ketones is 2. The molecule has 140 valence electrons. The molecule has 1 unspecified atom stereocenters. The molecule has 2 heterocycles. The van der Waals surface area contributed by atoms with Crippen molar-refractivity contribution in [3.8, 4) is 0 Å². The molecule has 4 rings (SSSR count). The predicted molar refractivity (Wildman–Crippen MR) is 104 cm³/mol. The second-order valence-electron chi connectivity index (χ2n) is 6.11. The van der Waals surface area contributed by atoms with E-state index in [1.165, 1.54) is 36.7 Å². The van der Waals surface area contributed by atoms with Crippen LogP contribution in [0.4, 0.5) is 10.1 Å². The number of rotatable bonds is 3. The normalized spacial score (nSPS) is 15.9. The minimum atomic E-state index is -1.95. The van der Waals surface area contributed by atoms with Gasteiger partial charge in [-0.15, -0.1) is 0 Å². The van der Waals surface area contributed by atoms with Gasteiger partial charge in [-0.25, -0.2) is 4.39 Å². The van der Waals surface area contributed by atoms with Crippen LogP contribution < -0.4 is 5.73 Å². The van der Waals surface area contributed by atoms with Crippen molar-refractivity contribution in [3.05, 3.63) is 81.0 Å². The zero-order valence-corrected chi connectivity index (χ0v) is 15.6. The summed E-state index contributed by atoms with van der Waals surface area (Å²) < 4.78 is 20.3. The number of benzene rings is 1. The first-order chi connectivity index (χ1) is 13.4. The van der Waals surface area contributed by atoms with Crippen molar-refractivity contribution in [1.29, 1.82) is 0 Å². The quantitative estimate of drug-likeness (QED) is 0.615. The van der Waals surface area contributed by atoms with Crippen LogP contribution in [0.15, 0.2) is 47.1 Å². The summed E-state index contributed by atoms with van der Waals surface area (Å²) in [6, 6.07) is 7.55. The third kappa shape index (κ3) is 2.91. The number of alkyl halides is 1. The van der Waals surface area contributed by atoms with Gasteiger partial charge < -0.3 is 10.2 Å². The maximum atomic E-state index is 14.8. The average molecular weight is 417 g/mol. The molecule has 0 spiro atoms. The molecule has 5 nitrogen and oxygen atoms in total. The Balaban J connectivity index is 1.83. The highest BCUT2D eigenvalue weighted by Crippen LogP contribution is 2.39. The van der Waals surface area contributed by atoms with Crippen LogP contribution >= 0.6 is 23.2 Å². The summed E-state index contributed by atoms with van der Waals surface area (Å²) >= 11 is 11.9. The van der Waals surface area contributed by atoms with E-state index in [9.17, 15) is 14.0 Å².